The van der Waals surface area contributed by atoms with Crippen molar-refractivity contribution >= 4 is 17.0 Å². The van der Waals surface area contributed by atoms with Crippen LogP contribution in [0.3, 0.4) is 0 Å². The summed E-state index contributed by atoms with van der Waals surface area (Å²) in [5, 5.41) is 0. The van der Waals surface area contributed by atoms with Crippen molar-refractivity contribution in [3.05, 3.63) is 72.1 Å². The molecule has 0 saturated heterocycles. The number of hydrogen-bond acceptors (Lipinski definition) is 4. The van der Waals surface area contributed by atoms with E-state index in [9.17, 15) is 4.79 Å². The number of rotatable bonds is 3. The van der Waals surface area contributed by atoms with E-state index < -0.39 is 0 Å². The summed E-state index contributed by atoms with van der Waals surface area (Å²) in [5.74, 6) is -0.360. The van der Waals surface area contributed by atoms with Crippen LogP contribution in [-0.4, -0.2) is 15.9 Å². The van der Waals surface area contributed by atoms with Gasteiger partial charge in [0.2, 0.25) is 0 Å². The van der Waals surface area contributed by atoms with Crippen LogP contribution in [0.5, 0.6) is 0 Å². The maximum Gasteiger partial charge on any atom is 0.338 e. The van der Waals surface area contributed by atoms with E-state index >= 15 is 0 Å². The van der Waals surface area contributed by atoms with E-state index in [0.29, 0.717) is 11.1 Å². The molecule has 0 bridgehead atoms. The zero-order chi connectivity index (χ0) is 13.8. The maximum atomic E-state index is 12.0. The first kappa shape index (κ1) is 12.3. The minimum Gasteiger partial charge on any atom is -0.457 e. The Hall–Kier alpha value is -2.75. The molecule has 3 aromatic rings. The molecule has 4 heteroatoms. The van der Waals surface area contributed by atoms with Gasteiger partial charge in [-0.1, -0.05) is 30.3 Å². The highest BCUT2D eigenvalue weighted by molar-refractivity contribution is 5.93. The summed E-state index contributed by atoms with van der Waals surface area (Å²) in [6.07, 6.45) is 3.22. The van der Waals surface area contributed by atoms with Crippen molar-refractivity contribution < 1.29 is 9.53 Å². The Morgan fingerprint density at radius 2 is 1.70 bits per heavy atom. The topological polar surface area (TPSA) is 52.1 Å². The van der Waals surface area contributed by atoms with Crippen LogP contribution in [0.1, 0.15) is 15.9 Å². The molecule has 4 nitrogen and oxygen atoms in total. The average molecular weight is 264 g/mol. The number of ether oxygens (including phenoxy) is 1. The Kier molecular flexibility index (Phi) is 3.37. The Labute approximate surface area is 116 Å². The number of esters is 1. The molecule has 98 valence electrons. The fourth-order valence-electron chi connectivity index (χ4n) is 1.90. The molecule has 0 saturated carbocycles. The highest BCUT2D eigenvalue weighted by atomic mass is 16.5. The van der Waals surface area contributed by atoms with E-state index in [4.69, 9.17) is 4.74 Å². The molecule has 0 N–H and O–H groups in total. The van der Waals surface area contributed by atoms with Crippen LogP contribution in [0.2, 0.25) is 0 Å². The van der Waals surface area contributed by atoms with Gasteiger partial charge < -0.3 is 4.74 Å². The number of carbonyl (C=O) groups excluding carboxylic acids is 1. The van der Waals surface area contributed by atoms with Gasteiger partial charge in [0.15, 0.2) is 0 Å². The SMILES string of the molecule is O=C(OCc1ccccc1)c1ccc2nccnc2c1. The smallest absolute Gasteiger partial charge is 0.338 e. The number of carbonyl (C=O) groups is 1. The standard InChI is InChI=1S/C16H12N2O2/c19-16(20-11-12-4-2-1-3-5-12)13-6-7-14-15(10-13)18-9-8-17-14/h1-10H,11H2. The van der Waals surface area contributed by atoms with Gasteiger partial charge in [0.05, 0.1) is 16.6 Å². The molecule has 1 heterocycles. The third-order valence-electron chi connectivity index (χ3n) is 2.92. The van der Waals surface area contributed by atoms with Gasteiger partial charge in [-0.2, -0.15) is 0 Å². The van der Waals surface area contributed by atoms with Crippen LogP contribution in [0.25, 0.3) is 11.0 Å². The maximum absolute atomic E-state index is 12.0. The summed E-state index contributed by atoms with van der Waals surface area (Å²) < 4.78 is 5.28. The molecule has 0 aliphatic rings. The van der Waals surface area contributed by atoms with Crippen molar-refractivity contribution in [1.29, 1.82) is 0 Å². The Balaban J connectivity index is 1.75. The molecular formula is C16H12N2O2. The lowest BCUT2D eigenvalue weighted by Gasteiger charge is -2.05. The van der Waals surface area contributed by atoms with Gasteiger partial charge in [0.25, 0.3) is 0 Å². The quantitative estimate of drug-likeness (QED) is 0.682. The predicted molar refractivity (Wildman–Crippen MR) is 75.1 cm³/mol. The fourth-order valence-corrected chi connectivity index (χ4v) is 1.90. The first-order valence-corrected chi connectivity index (χ1v) is 6.25. The van der Waals surface area contributed by atoms with Gasteiger partial charge in [-0.25, -0.2) is 4.79 Å². The molecular weight excluding hydrogens is 252 g/mol. The first-order valence-electron chi connectivity index (χ1n) is 6.25. The van der Waals surface area contributed by atoms with Gasteiger partial charge in [-0.3, -0.25) is 9.97 Å². The number of hydrogen-bond donors (Lipinski definition) is 0. The number of nitrogens with zero attached hydrogens (tertiary/aromatic N) is 2. The normalized spacial score (nSPS) is 10.4. The lowest BCUT2D eigenvalue weighted by molar-refractivity contribution is 0.0473. The molecule has 2 aromatic carbocycles. The van der Waals surface area contributed by atoms with Crippen molar-refractivity contribution in [2.45, 2.75) is 6.61 Å². The van der Waals surface area contributed by atoms with Gasteiger partial charge >= 0.3 is 5.97 Å². The van der Waals surface area contributed by atoms with Crippen LogP contribution < -0.4 is 0 Å². The Bertz CT molecular complexity index is 742. The lowest BCUT2D eigenvalue weighted by atomic mass is 10.2. The molecule has 0 fully saturated rings. The zero-order valence-corrected chi connectivity index (χ0v) is 10.7. The molecule has 0 spiro atoms. The second-order valence-electron chi connectivity index (χ2n) is 4.32. The Morgan fingerprint density at radius 3 is 2.50 bits per heavy atom. The third-order valence-corrected chi connectivity index (χ3v) is 2.92. The van der Waals surface area contributed by atoms with Gasteiger partial charge in [0, 0.05) is 12.4 Å². The van der Waals surface area contributed by atoms with Crippen LogP contribution in [-0.2, 0) is 11.3 Å². The van der Waals surface area contributed by atoms with Crippen LogP contribution in [0.15, 0.2) is 60.9 Å². The summed E-state index contributed by atoms with van der Waals surface area (Å²) in [6, 6.07) is 14.7. The van der Waals surface area contributed by atoms with Crippen LogP contribution in [0.4, 0.5) is 0 Å². The highest BCUT2D eigenvalue weighted by Gasteiger charge is 2.08. The van der Waals surface area contributed by atoms with E-state index in [1.165, 1.54) is 0 Å². The second kappa shape index (κ2) is 5.48. The number of benzene rings is 2. The molecule has 0 amide bonds. The highest BCUT2D eigenvalue weighted by Crippen LogP contribution is 2.12. The minimum atomic E-state index is -0.360. The second-order valence-corrected chi connectivity index (χ2v) is 4.32. The van der Waals surface area contributed by atoms with Crippen molar-refractivity contribution in [3.63, 3.8) is 0 Å². The van der Waals surface area contributed by atoms with Crippen molar-refractivity contribution in [2.24, 2.45) is 0 Å². The lowest BCUT2D eigenvalue weighted by Crippen LogP contribution is -2.05. The third kappa shape index (κ3) is 2.64. The summed E-state index contributed by atoms with van der Waals surface area (Å²) in [4.78, 5) is 20.3. The zero-order valence-electron chi connectivity index (χ0n) is 10.7. The van der Waals surface area contributed by atoms with E-state index in [-0.39, 0.29) is 12.6 Å². The Morgan fingerprint density at radius 1 is 0.950 bits per heavy atom. The van der Waals surface area contributed by atoms with Gasteiger partial charge in [-0.15, -0.1) is 0 Å². The van der Waals surface area contributed by atoms with Crippen molar-refractivity contribution in [3.8, 4) is 0 Å². The largest absolute Gasteiger partial charge is 0.457 e. The van der Waals surface area contributed by atoms with E-state index in [2.05, 4.69) is 9.97 Å². The molecule has 0 radical (unpaired) electrons. The van der Waals surface area contributed by atoms with Crippen molar-refractivity contribution in [1.82, 2.24) is 9.97 Å². The monoisotopic (exact) mass is 264 g/mol. The van der Waals surface area contributed by atoms with Crippen LogP contribution in [0, 0.1) is 0 Å². The predicted octanol–water partition coefficient (Wildman–Crippen LogP) is 2.99. The summed E-state index contributed by atoms with van der Waals surface area (Å²) in [7, 11) is 0. The molecule has 3 rings (SSSR count). The first-order chi connectivity index (χ1) is 9.83. The molecule has 0 atom stereocenters. The summed E-state index contributed by atoms with van der Waals surface area (Å²) in [6.45, 7) is 0.262. The molecule has 0 aliphatic heterocycles. The van der Waals surface area contributed by atoms with Gasteiger partial charge in [-0.05, 0) is 23.8 Å². The summed E-state index contributed by atoms with van der Waals surface area (Å²) in [5.41, 5.74) is 2.88. The van der Waals surface area contributed by atoms with E-state index in [0.717, 1.165) is 11.1 Å². The number of fused-ring (bicyclic) bond motifs is 1. The summed E-state index contributed by atoms with van der Waals surface area (Å²) >= 11 is 0. The molecule has 1 aromatic heterocycles. The minimum absolute atomic E-state index is 0.262. The molecule has 20 heavy (non-hydrogen) atoms. The van der Waals surface area contributed by atoms with E-state index in [1.54, 1.807) is 30.6 Å². The number of aromatic nitrogens is 2. The van der Waals surface area contributed by atoms with Gasteiger partial charge in [0.1, 0.15) is 6.61 Å². The molecule has 0 unspecified atom stereocenters. The average Bonchev–Trinajstić information content (AvgIpc) is 2.53. The fraction of sp³-hybridized carbons (Fsp3) is 0.0625. The molecule has 0 aliphatic carbocycles. The van der Waals surface area contributed by atoms with Crippen molar-refractivity contribution in [2.75, 3.05) is 0 Å². The van der Waals surface area contributed by atoms with E-state index in [1.807, 2.05) is 30.3 Å². The van der Waals surface area contributed by atoms with Crippen LogP contribution >= 0.6 is 0 Å².